The summed E-state index contributed by atoms with van der Waals surface area (Å²) in [5.41, 5.74) is 7.09. The molecule has 0 aliphatic heterocycles. The van der Waals surface area contributed by atoms with E-state index >= 15 is 0 Å². The van der Waals surface area contributed by atoms with Gasteiger partial charge in [0.2, 0.25) is 5.91 Å². The minimum absolute atomic E-state index is 0.129. The normalized spacial score (nSPS) is 11.2. The Morgan fingerprint density at radius 2 is 2.00 bits per heavy atom. The Balaban J connectivity index is 2.19. The van der Waals surface area contributed by atoms with Gasteiger partial charge in [-0.2, -0.15) is 0 Å². The van der Waals surface area contributed by atoms with E-state index in [1.54, 1.807) is 12.1 Å². The van der Waals surface area contributed by atoms with Gasteiger partial charge >= 0.3 is 0 Å². The molecule has 0 unspecified atom stereocenters. The van der Waals surface area contributed by atoms with Crippen molar-refractivity contribution in [1.29, 1.82) is 0 Å². The van der Waals surface area contributed by atoms with Crippen molar-refractivity contribution in [1.82, 2.24) is 5.16 Å². The summed E-state index contributed by atoms with van der Waals surface area (Å²) in [5, 5.41) is 6.28. The predicted molar refractivity (Wildman–Crippen MR) is 69.0 cm³/mol. The van der Waals surface area contributed by atoms with Gasteiger partial charge in [-0.25, -0.2) is 0 Å². The Kier molecular flexibility index (Phi) is 3.06. The number of nitrogens with one attached hydrogen (secondary N) is 1. The quantitative estimate of drug-likeness (QED) is 0.812. The lowest BCUT2D eigenvalue weighted by molar-refractivity contribution is -0.120. The SMILES string of the molecule is CC(C)(C(=O)Nc1cnoc1)c1ccc(N)cc1. The lowest BCUT2D eigenvalue weighted by atomic mass is 9.83. The van der Waals surface area contributed by atoms with E-state index in [4.69, 9.17) is 5.73 Å². The number of nitrogens with two attached hydrogens (primary N) is 1. The highest BCUT2D eigenvalue weighted by atomic mass is 16.5. The van der Waals surface area contributed by atoms with E-state index in [0.717, 1.165) is 5.56 Å². The number of carbonyl (C=O) groups excluding carboxylic acids is 1. The molecule has 0 aliphatic carbocycles. The molecule has 0 radical (unpaired) electrons. The maximum atomic E-state index is 12.2. The lowest BCUT2D eigenvalue weighted by Crippen LogP contribution is -2.34. The van der Waals surface area contributed by atoms with Crippen LogP contribution in [-0.2, 0) is 10.2 Å². The van der Waals surface area contributed by atoms with Crippen LogP contribution in [0.5, 0.6) is 0 Å². The van der Waals surface area contributed by atoms with E-state index in [-0.39, 0.29) is 5.91 Å². The molecular formula is C13H15N3O2. The summed E-state index contributed by atoms with van der Waals surface area (Å²) in [6.45, 7) is 3.70. The number of carbonyl (C=O) groups is 1. The van der Waals surface area contributed by atoms with Gasteiger partial charge in [0.25, 0.3) is 0 Å². The highest BCUT2D eigenvalue weighted by Gasteiger charge is 2.29. The van der Waals surface area contributed by atoms with Crippen LogP contribution in [0.2, 0.25) is 0 Å². The van der Waals surface area contributed by atoms with E-state index < -0.39 is 5.41 Å². The smallest absolute Gasteiger partial charge is 0.234 e. The van der Waals surface area contributed by atoms with E-state index in [1.165, 1.54) is 12.5 Å². The average molecular weight is 245 g/mol. The van der Waals surface area contributed by atoms with Crippen LogP contribution in [0.25, 0.3) is 0 Å². The Hall–Kier alpha value is -2.30. The Morgan fingerprint density at radius 3 is 2.56 bits per heavy atom. The van der Waals surface area contributed by atoms with Crippen molar-refractivity contribution in [3.05, 3.63) is 42.3 Å². The second-order valence-electron chi connectivity index (χ2n) is 4.61. The lowest BCUT2D eigenvalue weighted by Gasteiger charge is -2.23. The summed E-state index contributed by atoms with van der Waals surface area (Å²) in [5.74, 6) is -0.129. The monoisotopic (exact) mass is 245 g/mol. The number of hydrogen-bond donors (Lipinski definition) is 2. The first kappa shape index (κ1) is 12.2. The minimum atomic E-state index is -0.662. The van der Waals surface area contributed by atoms with Crippen LogP contribution >= 0.6 is 0 Å². The molecule has 18 heavy (non-hydrogen) atoms. The van der Waals surface area contributed by atoms with Crippen LogP contribution in [0.15, 0.2) is 41.2 Å². The zero-order valence-electron chi connectivity index (χ0n) is 10.3. The summed E-state index contributed by atoms with van der Waals surface area (Å²) < 4.78 is 4.67. The molecule has 1 amide bonds. The first-order valence-electron chi connectivity index (χ1n) is 5.57. The molecule has 0 saturated heterocycles. The topological polar surface area (TPSA) is 81.2 Å². The molecule has 1 heterocycles. The summed E-state index contributed by atoms with van der Waals surface area (Å²) in [7, 11) is 0. The van der Waals surface area contributed by atoms with Gasteiger partial charge in [-0.1, -0.05) is 17.3 Å². The van der Waals surface area contributed by atoms with Gasteiger partial charge in [0.1, 0.15) is 12.0 Å². The number of nitrogen functional groups attached to an aromatic ring is 1. The molecule has 94 valence electrons. The fourth-order valence-corrected chi connectivity index (χ4v) is 1.58. The van der Waals surface area contributed by atoms with Crippen molar-refractivity contribution in [2.45, 2.75) is 19.3 Å². The highest BCUT2D eigenvalue weighted by Crippen LogP contribution is 2.25. The first-order valence-corrected chi connectivity index (χ1v) is 5.57. The van der Waals surface area contributed by atoms with Crippen molar-refractivity contribution in [2.75, 3.05) is 11.1 Å². The van der Waals surface area contributed by atoms with Crippen LogP contribution in [0, 0.1) is 0 Å². The van der Waals surface area contributed by atoms with Gasteiger partial charge in [-0.3, -0.25) is 4.79 Å². The molecule has 2 aromatic rings. The van der Waals surface area contributed by atoms with Gasteiger partial charge in [0, 0.05) is 5.69 Å². The Morgan fingerprint density at radius 1 is 1.33 bits per heavy atom. The van der Waals surface area contributed by atoms with Gasteiger partial charge in [-0.05, 0) is 31.5 Å². The predicted octanol–water partition coefficient (Wildman–Crippen LogP) is 2.17. The number of hydrogen-bond acceptors (Lipinski definition) is 4. The van der Waals surface area contributed by atoms with Crippen molar-refractivity contribution < 1.29 is 9.32 Å². The molecule has 0 atom stereocenters. The number of rotatable bonds is 3. The van der Waals surface area contributed by atoms with Gasteiger partial charge in [0.05, 0.1) is 11.6 Å². The second-order valence-corrected chi connectivity index (χ2v) is 4.61. The van der Waals surface area contributed by atoms with E-state index in [2.05, 4.69) is 15.0 Å². The third kappa shape index (κ3) is 2.34. The van der Waals surface area contributed by atoms with Crippen molar-refractivity contribution in [3.8, 4) is 0 Å². The number of nitrogens with zero attached hydrogens (tertiary/aromatic N) is 1. The molecule has 2 rings (SSSR count). The largest absolute Gasteiger partial charge is 0.399 e. The molecule has 0 fully saturated rings. The summed E-state index contributed by atoms with van der Waals surface area (Å²) in [4.78, 5) is 12.2. The number of benzene rings is 1. The molecule has 1 aromatic carbocycles. The van der Waals surface area contributed by atoms with Crippen LogP contribution in [0.3, 0.4) is 0 Å². The van der Waals surface area contributed by atoms with Gasteiger partial charge < -0.3 is 15.6 Å². The van der Waals surface area contributed by atoms with E-state index in [1.807, 2.05) is 26.0 Å². The molecule has 1 aromatic heterocycles. The third-order valence-electron chi connectivity index (χ3n) is 2.89. The van der Waals surface area contributed by atoms with Crippen LogP contribution in [0.4, 0.5) is 11.4 Å². The van der Waals surface area contributed by atoms with Crippen LogP contribution in [0.1, 0.15) is 19.4 Å². The van der Waals surface area contributed by atoms with Crippen LogP contribution in [-0.4, -0.2) is 11.1 Å². The molecule has 5 heteroatoms. The molecular weight excluding hydrogens is 230 g/mol. The van der Waals surface area contributed by atoms with Crippen molar-refractivity contribution >= 4 is 17.3 Å². The Labute approximate surface area is 105 Å². The zero-order chi connectivity index (χ0) is 13.2. The van der Waals surface area contributed by atoms with E-state index in [0.29, 0.717) is 11.4 Å². The summed E-state index contributed by atoms with van der Waals surface area (Å²) in [6.07, 6.45) is 2.84. The summed E-state index contributed by atoms with van der Waals surface area (Å²) in [6, 6.07) is 7.26. The molecule has 5 nitrogen and oxygen atoms in total. The Bertz CT molecular complexity index is 530. The minimum Gasteiger partial charge on any atom is -0.399 e. The third-order valence-corrected chi connectivity index (χ3v) is 2.89. The summed E-state index contributed by atoms with van der Waals surface area (Å²) >= 11 is 0. The first-order chi connectivity index (χ1) is 8.50. The number of anilines is 2. The standard InChI is InChI=1S/C13H15N3O2/c1-13(2,9-3-5-10(14)6-4-9)12(17)16-11-7-15-18-8-11/h3-8H,14H2,1-2H3,(H,16,17). The average Bonchev–Trinajstić information content (AvgIpc) is 2.82. The van der Waals surface area contributed by atoms with Gasteiger partial charge in [-0.15, -0.1) is 0 Å². The fraction of sp³-hybridized carbons (Fsp3) is 0.231. The molecule has 0 aliphatic rings. The maximum absolute atomic E-state index is 12.2. The number of amides is 1. The second kappa shape index (κ2) is 4.52. The van der Waals surface area contributed by atoms with Crippen molar-refractivity contribution in [2.24, 2.45) is 0 Å². The fourth-order valence-electron chi connectivity index (χ4n) is 1.58. The van der Waals surface area contributed by atoms with Crippen molar-refractivity contribution in [3.63, 3.8) is 0 Å². The maximum Gasteiger partial charge on any atom is 0.234 e. The van der Waals surface area contributed by atoms with Gasteiger partial charge in [0.15, 0.2) is 0 Å². The molecule has 0 saturated carbocycles. The molecule has 0 bridgehead atoms. The zero-order valence-corrected chi connectivity index (χ0v) is 10.3. The molecule has 0 spiro atoms. The van der Waals surface area contributed by atoms with E-state index in [9.17, 15) is 4.79 Å². The molecule has 3 N–H and O–H groups in total. The highest BCUT2D eigenvalue weighted by molar-refractivity contribution is 5.98. The number of aromatic nitrogens is 1. The van der Waals surface area contributed by atoms with Crippen LogP contribution < -0.4 is 11.1 Å².